The Bertz CT molecular complexity index is 1220. The van der Waals surface area contributed by atoms with E-state index in [0.717, 1.165) is 16.8 Å². The molecule has 1 heterocycles. The van der Waals surface area contributed by atoms with E-state index in [4.69, 9.17) is 32.7 Å². The number of nitrogens with zero attached hydrogens (tertiary/aromatic N) is 1. The fourth-order valence-electron chi connectivity index (χ4n) is 3.63. The van der Waals surface area contributed by atoms with Crippen LogP contribution in [0.1, 0.15) is 16.5 Å². The molecule has 0 aliphatic carbocycles. The van der Waals surface area contributed by atoms with Crippen LogP contribution in [0.3, 0.4) is 0 Å². The molecule has 3 aromatic rings. The summed E-state index contributed by atoms with van der Waals surface area (Å²) < 4.78 is 11.2. The van der Waals surface area contributed by atoms with Crippen molar-refractivity contribution in [2.75, 3.05) is 29.7 Å². The van der Waals surface area contributed by atoms with Gasteiger partial charge in [-0.2, -0.15) is 0 Å². The van der Waals surface area contributed by atoms with Crippen molar-refractivity contribution < 1.29 is 19.1 Å². The van der Waals surface area contributed by atoms with Crippen LogP contribution in [0.4, 0.5) is 11.4 Å². The highest BCUT2D eigenvalue weighted by Crippen LogP contribution is 2.46. The van der Waals surface area contributed by atoms with Crippen LogP contribution in [-0.2, 0) is 9.59 Å². The number of thioether (sulfide) groups is 1. The number of aryl methyl sites for hydroxylation is 1. The number of hydrogen-bond acceptors (Lipinski definition) is 5. The van der Waals surface area contributed by atoms with Crippen molar-refractivity contribution >= 4 is 58.2 Å². The summed E-state index contributed by atoms with van der Waals surface area (Å²) in [6, 6.07) is 18.1. The summed E-state index contributed by atoms with van der Waals surface area (Å²) in [7, 11) is 1.50. The van der Waals surface area contributed by atoms with E-state index in [9.17, 15) is 9.59 Å². The Kier molecular flexibility index (Phi) is 7.56. The van der Waals surface area contributed by atoms with Crippen molar-refractivity contribution in [2.45, 2.75) is 12.3 Å². The van der Waals surface area contributed by atoms with Crippen LogP contribution in [0, 0.1) is 6.92 Å². The van der Waals surface area contributed by atoms with E-state index in [2.05, 4.69) is 5.32 Å². The number of benzene rings is 3. The number of carbonyl (C=O) groups is 2. The highest BCUT2D eigenvalue weighted by molar-refractivity contribution is 8.00. The van der Waals surface area contributed by atoms with Gasteiger partial charge in [-0.05, 0) is 66.6 Å². The smallest absolute Gasteiger partial charge is 0.262 e. The summed E-state index contributed by atoms with van der Waals surface area (Å²) in [6.07, 6.45) is 0. The zero-order chi connectivity index (χ0) is 24.2. The first-order valence-electron chi connectivity index (χ1n) is 10.4. The second-order valence-corrected chi connectivity index (χ2v) is 9.56. The molecule has 4 rings (SSSR count). The lowest BCUT2D eigenvalue weighted by atomic mass is 10.1. The Labute approximate surface area is 212 Å². The number of nitrogens with one attached hydrogen (secondary N) is 1. The topological polar surface area (TPSA) is 67.9 Å². The summed E-state index contributed by atoms with van der Waals surface area (Å²) in [5, 5.41) is 3.38. The molecule has 0 spiro atoms. The fourth-order valence-corrected chi connectivity index (χ4v) is 5.19. The van der Waals surface area contributed by atoms with Crippen LogP contribution in [-0.4, -0.2) is 31.3 Å². The second-order valence-electron chi connectivity index (χ2n) is 7.64. The minimum atomic E-state index is -0.321. The summed E-state index contributed by atoms with van der Waals surface area (Å²) >= 11 is 14.0. The monoisotopic (exact) mass is 516 g/mol. The summed E-state index contributed by atoms with van der Waals surface area (Å²) in [5.41, 5.74) is 3.25. The molecule has 0 bridgehead atoms. The number of rotatable bonds is 7. The number of anilines is 2. The van der Waals surface area contributed by atoms with Gasteiger partial charge in [0.05, 0.1) is 17.9 Å². The van der Waals surface area contributed by atoms with Crippen LogP contribution in [0.15, 0.2) is 60.7 Å². The highest BCUT2D eigenvalue weighted by atomic mass is 35.5. The van der Waals surface area contributed by atoms with E-state index in [0.29, 0.717) is 22.2 Å². The zero-order valence-corrected chi connectivity index (χ0v) is 20.8. The van der Waals surface area contributed by atoms with Gasteiger partial charge in [0.2, 0.25) is 5.91 Å². The van der Waals surface area contributed by atoms with Gasteiger partial charge >= 0.3 is 0 Å². The predicted molar refractivity (Wildman–Crippen MR) is 137 cm³/mol. The predicted octanol–water partition coefficient (Wildman–Crippen LogP) is 6.11. The SMILES string of the molecule is COc1cc([C@H]2SCC(=O)N2c2ccc(Cl)cc2)cc(Cl)c1OCC(=O)Nc1cccc(C)c1. The molecule has 9 heteroatoms. The largest absolute Gasteiger partial charge is 0.493 e. The molecule has 1 fully saturated rings. The van der Waals surface area contributed by atoms with Crippen LogP contribution in [0.25, 0.3) is 0 Å². The summed E-state index contributed by atoms with van der Waals surface area (Å²) in [6.45, 7) is 1.71. The molecule has 1 saturated heterocycles. The Hall–Kier alpha value is -2.87. The second kappa shape index (κ2) is 10.6. The Morgan fingerprint density at radius 1 is 1.15 bits per heavy atom. The molecule has 2 amide bonds. The number of methoxy groups -OCH3 is 1. The van der Waals surface area contributed by atoms with Gasteiger partial charge < -0.3 is 14.8 Å². The van der Waals surface area contributed by atoms with Crippen LogP contribution >= 0.6 is 35.0 Å². The first-order valence-corrected chi connectivity index (χ1v) is 12.2. The molecule has 0 radical (unpaired) electrons. The fraction of sp³-hybridized carbons (Fsp3) is 0.200. The molecular weight excluding hydrogens is 495 g/mol. The Morgan fingerprint density at radius 2 is 1.91 bits per heavy atom. The molecule has 1 aliphatic heterocycles. The maximum atomic E-state index is 12.6. The molecular formula is C25H22Cl2N2O4S. The molecule has 1 N–H and O–H groups in total. The number of amides is 2. The van der Waals surface area contributed by atoms with Crippen molar-refractivity contribution in [3.8, 4) is 11.5 Å². The highest BCUT2D eigenvalue weighted by Gasteiger charge is 2.35. The van der Waals surface area contributed by atoms with Crippen molar-refractivity contribution in [1.82, 2.24) is 0 Å². The van der Waals surface area contributed by atoms with Gasteiger partial charge in [-0.15, -0.1) is 11.8 Å². The zero-order valence-electron chi connectivity index (χ0n) is 18.5. The maximum absolute atomic E-state index is 12.6. The Balaban J connectivity index is 1.52. The van der Waals surface area contributed by atoms with Gasteiger partial charge in [0, 0.05) is 16.4 Å². The quantitative estimate of drug-likeness (QED) is 0.410. The van der Waals surface area contributed by atoms with Gasteiger partial charge in [0.15, 0.2) is 18.1 Å². The lowest BCUT2D eigenvalue weighted by molar-refractivity contribution is -0.118. The lowest BCUT2D eigenvalue weighted by Crippen LogP contribution is -2.27. The van der Waals surface area contributed by atoms with E-state index in [1.807, 2.05) is 37.3 Å². The molecule has 34 heavy (non-hydrogen) atoms. The molecule has 6 nitrogen and oxygen atoms in total. The third-order valence-electron chi connectivity index (χ3n) is 5.16. The standard InChI is InChI=1S/C25H22Cl2N2O4S/c1-15-4-3-5-18(10-15)28-22(30)13-33-24-20(27)11-16(12-21(24)32-2)25-29(23(31)14-34-25)19-8-6-17(26)7-9-19/h3-12,25H,13-14H2,1-2H3,(H,28,30)/t25-/m1/s1. The third-order valence-corrected chi connectivity index (χ3v) is 6.90. The molecule has 0 saturated carbocycles. The average molecular weight is 517 g/mol. The normalized spacial score (nSPS) is 15.4. The number of halogens is 2. The first-order chi connectivity index (χ1) is 16.4. The van der Waals surface area contributed by atoms with Gasteiger partial charge in [-0.1, -0.05) is 35.3 Å². The molecule has 3 aromatic carbocycles. The van der Waals surface area contributed by atoms with Crippen molar-refractivity contribution in [1.29, 1.82) is 0 Å². The molecule has 176 valence electrons. The van der Waals surface area contributed by atoms with Crippen molar-refractivity contribution in [2.24, 2.45) is 0 Å². The number of hydrogen-bond donors (Lipinski definition) is 1. The average Bonchev–Trinajstić information content (AvgIpc) is 3.19. The van der Waals surface area contributed by atoms with Crippen LogP contribution in [0.5, 0.6) is 11.5 Å². The van der Waals surface area contributed by atoms with Crippen LogP contribution in [0.2, 0.25) is 10.0 Å². The maximum Gasteiger partial charge on any atom is 0.262 e. The minimum absolute atomic E-state index is 0.0134. The lowest BCUT2D eigenvalue weighted by Gasteiger charge is -2.25. The van der Waals surface area contributed by atoms with E-state index in [1.165, 1.54) is 18.9 Å². The van der Waals surface area contributed by atoms with E-state index in [1.54, 1.807) is 35.2 Å². The summed E-state index contributed by atoms with van der Waals surface area (Å²) in [4.78, 5) is 26.7. The van der Waals surface area contributed by atoms with E-state index >= 15 is 0 Å². The summed E-state index contributed by atoms with van der Waals surface area (Å²) in [5.74, 6) is 0.644. The van der Waals surface area contributed by atoms with Crippen LogP contribution < -0.4 is 19.7 Å². The molecule has 0 unspecified atom stereocenters. The van der Waals surface area contributed by atoms with Crippen molar-refractivity contribution in [3.63, 3.8) is 0 Å². The third kappa shape index (κ3) is 5.43. The molecule has 1 atom stereocenters. The van der Waals surface area contributed by atoms with E-state index in [-0.39, 0.29) is 34.6 Å². The van der Waals surface area contributed by atoms with Crippen molar-refractivity contribution in [3.05, 3.63) is 81.8 Å². The van der Waals surface area contributed by atoms with Gasteiger partial charge in [-0.25, -0.2) is 0 Å². The Morgan fingerprint density at radius 3 is 2.62 bits per heavy atom. The number of carbonyl (C=O) groups excluding carboxylic acids is 2. The molecule has 0 aromatic heterocycles. The molecule has 1 aliphatic rings. The minimum Gasteiger partial charge on any atom is -0.493 e. The van der Waals surface area contributed by atoms with Gasteiger partial charge in [0.25, 0.3) is 5.91 Å². The van der Waals surface area contributed by atoms with Gasteiger partial charge in [-0.3, -0.25) is 14.5 Å². The van der Waals surface area contributed by atoms with Gasteiger partial charge in [0.1, 0.15) is 5.37 Å². The number of ether oxygens (including phenoxy) is 2. The van der Waals surface area contributed by atoms with E-state index < -0.39 is 0 Å². The first kappa shape index (κ1) is 24.3.